The summed E-state index contributed by atoms with van der Waals surface area (Å²) in [4.78, 5) is 0. The van der Waals surface area contributed by atoms with E-state index in [2.05, 4.69) is 10.2 Å². The lowest BCUT2D eigenvalue weighted by Crippen LogP contribution is -1.71. The van der Waals surface area contributed by atoms with E-state index in [-0.39, 0.29) is 12.3 Å². The zero-order valence-corrected chi connectivity index (χ0v) is 4.10. The van der Waals surface area contributed by atoms with Crippen molar-refractivity contribution >= 4 is 12.3 Å². The van der Waals surface area contributed by atoms with E-state index in [0.29, 0.717) is 0 Å². The van der Waals surface area contributed by atoms with Gasteiger partial charge in [-0.2, -0.15) is 0 Å². The van der Waals surface area contributed by atoms with E-state index >= 15 is 0 Å². The molecule has 3 nitrogen and oxygen atoms in total. The van der Waals surface area contributed by atoms with E-state index < -0.39 is 0 Å². The molecular formula is C2H2FN3S. The van der Waals surface area contributed by atoms with Gasteiger partial charge in [0.1, 0.15) is 12.7 Å². The van der Waals surface area contributed by atoms with Gasteiger partial charge in [-0.25, -0.2) is 3.97 Å². The van der Waals surface area contributed by atoms with Gasteiger partial charge < -0.3 is 0 Å². The van der Waals surface area contributed by atoms with Gasteiger partial charge in [0.15, 0.2) is 12.3 Å². The third kappa shape index (κ3) is 0.894. The minimum absolute atomic E-state index is 0.0671. The summed E-state index contributed by atoms with van der Waals surface area (Å²) in [5.74, 6) is 0. The molecule has 0 aliphatic carbocycles. The first kappa shape index (κ1) is 4.58. The lowest BCUT2D eigenvalue weighted by atomic mass is 11.3. The Labute approximate surface area is 44.0 Å². The van der Waals surface area contributed by atoms with Gasteiger partial charge >= 0.3 is 0 Å². The Bertz CT molecular complexity index is 127. The van der Waals surface area contributed by atoms with Crippen molar-refractivity contribution in [2.45, 2.75) is 0 Å². The molecule has 0 N–H and O–H groups in total. The SMILES string of the molecule is FSn1cnnc1. The predicted octanol–water partition coefficient (Wildman–Crippen LogP) is 0.659. The number of rotatable bonds is 1. The highest BCUT2D eigenvalue weighted by molar-refractivity contribution is 7.92. The maximum Gasteiger partial charge on any atom is 0.172 e. The Morgan fingerprint density at radius 1 is 1.43 bits per heavy atom. The molecule has 5 heteroatoms. The van der Waals surface area contributed by atoms with Crippen LogP contribution in [0.1, 0.15) is 0 Å². The van der Waals surface area contributed by atoms with Crippen LogP contribution >= 0.6 is 12.3 Å². The number of nitrogens with zero attached hydrogens (tertiary/aromatic N) is 3. The second-order valence-corrected chi connectivity index (χ2v) is 1.45. The normalized spacial score (nSPS) is 9.29. The summed E-state index contributed by atoms with van der Waals surface area (Å²) in [6, 6.07) is 0. The molecule has 0 spiro atoms. The van der Waals surface area contributed by atoms with E-state index in [9.17, 15) is 3.89 Å². The molecule has 0 amide bonds. The molecule has 0 unspecified atom stereocenters. The Kier molecular flexibility index (Phi) is 1.26. The van der Waals surface area contributed by atoms with Crippen LogP contribution in [0.25, 0.3) is 0 Å². The van der Waals surface area contributed by atoms with Crippen LogP contribution in [0.3, 0.4) is 0 Å². The molecule has 1 aromatic rings. The van der Waals surface area contributed by atoms with Gasteiger partial charge in [0.2, 0.25) is 0 Å². The van der Waals surface area contributed by atoms with Crippen molar-refractivity contribution in [2.75, 3.05) is 0 Å². The molecule has 0 fully saturated rings. The van der Waals surface area contributed by atoms with Crippen molar-refractivity contribution in [1.82, 2.24) is 14.2 Å². The first-order valence-electron chi connectivity index (χ1n) is 1.57. The van der Waals surface area contributed by atoms with Gasteiger partial charge in [0.25, 0.3) is 0 Å². The Hall–Kier alpha value is -0.580. The van der Waals surface area contributed by atoms with Crippen LogP contribution in [0.5, 0.6) is 0 Å². The average Bonchev–Trinajstić information content (AvgIpc) is 2.14. The maximum absolute atomic E-state index is 11.4. The van der Waals surface area contributed by atoms with Crippen molar-refractivity contribution in [1.29, 1.82) is 0 Å². The van der Waals surface area contributed by atoms with Gasteiger partial charge in [-0.15, -0.1) is 14.1 Å². The van der Waals surface area contributed by atoms with Crippen LogP contribution in [0, 0.1) is 0 Å². The largest absolute Gasteiger partial charge is 0.233 e. The Balaban J connectivity index is 2.76. The highest BCUT2D eigenvalue weighted by Crippen LogP contribution is 2.01. The van der Waals surface area contributed by atoms with Gasteiger partial charge in [-0.1, -0.05) is 0 Å². The third-order valence-corrected chi connectivity index (χ3v) is 0.825. The molecule has 0 aliphatic heterocycles. The van der Waals surface area contributed by atoms with Crippen LogP contribution in [-0.2, 0) is 0 Å². The maximum atomic E-state index is 11.4. The Morgan fingerprint density at radius 2 is 2.00 bits per heavy atom. The smallest absolute Gasteiger partial charge is 0.172 e. The fraction of sp³-hybridized carbons (Fsp3) is 0. The van der Waals surface area contributed by atoms with Crippen LogP contribution in [0.4, 0.5) is 3.89 Å². The monoisotopic (exact) mass is 119 g/mol. The van der Waals surface area contributed by atoms with Crippen LogP contribution in [0.2, 0.25) is 0 Å². The number of aromatic nitrogens is 3. The second kappa shape index (κ2) is 1.92. The molecule has 0 saturated heterocycles. The summed E-state index contributed by atoms with van der Waals surface area (Å²) < 4.78 is 12.5. The average molecular weight is 119 g/mol. The highest BCUT2D eigenvalue weighted by Gasteiger charge is 1.83. The molecule has 7 heavy (non-hydrogen) atoms. The lowest BCUT2D eigenvalue weighted by Gasteiger charge is -1.78. The standard InChI is InChI=1S/C2H2FN3S/c3-7-6-1-4-5-2-6/h1-2H. The molecule has 0 radical (unpaired) electrons. The molecule has 0 aliphatic rings. The van der Waals surface area contributed by atoms with Crippen molar-refractivity contribution < 1.29 is 3.89 Å². The van der Waals surface area contributed by atoms with Gasteiger partial charge in [0.05, 0.1) is 0 Å². The molecule has 1 heterocycles. The quantitative estimate of drug-likeness (QED) is 0.544. The molecule has 1 aromatic heterocycles. The third-order valence-electron chi connectivity index (χ3n) is 0.477. The topological polar surface area (TPSA) is 30.7 Å². The summed E-state index contributed by atoms with van der Waals surface area (Å²) in [7, 11) is 0. The summed E-state index contributed by atoms with van der Waals surface area (Å²) >= 11 is 0.0671. The number of hydrogen-bond donors (Lipinski definition) is 0. The van der Waals surface area contributed by atoms with Crippen LogP contribution < -0.4 is 0 Å². The summed E-state index contributed by atoms with van der Waals surface area (Å²) in [5, 5.41) is 6.69. The van der Waals surface area contributed by atoms with E-state index in [1.165, 1.54) is 12.7 Å². The van der Waals surface area contributed by atoms with Crippen LogP contribution in [-0.4, -0.2) is 14.2 Å². The highest BCUT2D eigenvalue weighted by atomic mass is 32.2. The van der Waals surface area contributed by atoms with Crippen LogP contribution in [0.15, 0.2) is 12.7 Å². The number of halogens is 1. The molecule has 1 rings (SSSR count). The van der Waals surface area contributed by atoms with E-state index in [1.54, 1.807) is 0 Å². The van der Waals surface area contributed by atoms with Gasteiger partial charge in [0, 0.05) is 0 Å². The minimum atomic E-state index is 0.0671. The fourth-order valence-corrected chi connectivity index (χ4v) is 0.382. The van der Waals surface area contributed by atoms with E-state index in [0.717, 1.165) is 3.97 Å². The first-order valence-corrected chi connectivity index (χ1v) is 2.24. The molecule has 0 aromatic carbocycles. The molecule has 0 atom stereocenters. The van der Waals surface area contributed by atoms with Gasteiger partial charge in [-0.05, 0) is 0 Å². The van der Waals surface area contributed by atoms with Crippen molar-refractivity contribution in [3.05, 3.63) is 12.7 Å². The Morgan fingerprint density at radius 3 is 2.29 bits per heavy atom. The molecule has 0 saturated carbocycles. The molecule has 38 valence electrons. The van der Waals surface area contributed by atoms with E-state index in [1.807, 2.05) is 0 Å². The second-order valence-electron chi connectivity index (χ2n) is 0.891. The lowest BCUT2D eigenvalue weighted by molar-refractivity contribution is 0.915. The molecule has 0 bridgehead atoms. The predicted molar refractivity (Wildman–Crippen MR) is 24.1 cm³/mol. The van der Waals surface area contributed by atoms with Crippen molar-refractivity contribution in [2.24, 2.45) is 0 Å². The first-order chi connectivity index (χ1) is 3.43. The summed E-state index contributed by atoms with van der Waals surface area (Å²) in [6.45, 7) is 0. The van der Waals surface area contributed by atoms with E-state index in [4.69, 9.17) is 0 Å². The minimum Gasteiger partial charge on any atom is -0.233 e. The van der Waals surface area contributed by atoms with Crippen molar-refractivity contribution in [3.8, 4) is 0 Å². The fourth-order valence-electron chi connectivity index (χ4n) is 0.227. The zero-order chi connectivity index (χ0) is 5.11. The van der Waals surface area contributed by atoms with Crippen molar-refractivity contribution in [3.63, 3.8) is 0 Å². The zero-order valence-electron chi connectivity index (χ0n) is 3.28. The van der Waals surface area contributed by atoms with Gasteiger partial charge in [-0.3, -0.25) is 0 Å². The summed E-state index contributed by atoms with van der Waals surface area (Å²) in [6.07, 6.45) is 2.56. The number of hydrogen-bond acceptors (Lipinski definition) is 3. The summed E-state index contributed by atoms with van der Waals surface area (Å²) in [5.41, 5.74) is 0. The molecular weight excluding hydrogens is 117 g/mol.